The molecule has 5 heteroatoms. The van der Waals surface area contributed by atoms with Crippen LogP contribution in [0.25, 0.3) is 0 Å². The number of benzene rings is 2. The molecule has 0 amide bonds. The fourth-order valence-electron chi connectivity index (χ4n) is 1.89. The Bertz CT molecular complexity index is 682. The van der Waals surface area contributed by atoms with Crippen molar-refractivity contribution in [3.05, 3.63) is 59.7 Å². The number of ether oxygens (including phenoxy) is 1. The Kier molecular flexibility index (Phi) is 4.42. The van der Waals surface area contributed by atoms with Crippen molar-refractivity contribution >= 4 is 10.0 Å². The van der Waals surface area contributed by atoms with Gasteiger partial charge in [0.25, 0.3) is 0 Å². The van der Waals surface area contributed by atoms with Crippen LogP contribution >= 0.6 is 0 Å². The van der Waals surface area contributed by atoms with Crippen LogP contribution in [0.15, 0.2) is 53.4 Å². The molecule has 0 aliphatic rings. The summed E-state index contributed by atoms with van der Waals surface area (Å²) in [5.74, 6) is 0.799. The second-order valence-corrected chi connectivity index (χ2v) is 6.11. The summed E-state index contributed by atoms with van der Waals surface area (Å²) in [6.45, 7) is 2.42. The normalized spacial score (nSPS) is 11.3. The standard InChI is InChI=1S/C15H17NO3S/c1-12-7-8-15(20(16,17)18)11-13(12)9-10-19-14-5-3-2-4-6-14/h2-8,11H,9-10H2,1H3,(H2,16,17,18). The van der Waals surface area contributed by atoms with Crippen molar-refractivity contribution in [2.75, 3.05) is 6.61 Å². The molecule has 2 aromatic rings. The highest BCUT2D eigenvalue weighted by molar-refractivity contribution is 7.89. The zero-order valence-electron chi connectivity index (χ0n) is 11.2. The summed E-state index contributed by atoms with van der Waals surface area (Å²) in [6.07, 6.45) is 0.629. The van der Waals surface area contributed by atoms with E-state index in [4.69, 9.17) is 9.88 Å². The number of primary sulfonamides is 1. The number of rotatable bonds is 5. The van der Waals surface area contributed by atoms with E-state index in [0.717, 1.165) is 16.9 Å². The van der Waals surface area contributed by atoms with Gasteiger partial charge in [-0.25, -0.2) is 13.6 Å². The van der Waals surface area contributed by atoms with Gasteiger partial charge in [-0.1, -0.05) is 24.3 Å². The molecule has 0 fully saturated rings. The summed E-state index contributed by atoms with van der Waals surface area (Å²) in [6, 6.07) is 14.4. The topological polar surface area (TPSA) is 69.4 Å². The Morgan fingerprint density at radius 3 is 2.45 bits per heavy atom. The van der Waals surface area contributed by atoms with Crippen LogP contribution in [-0.4, -0.2) is 15.0 Å². The molecule has 0 aliphatic carbocycles. The molecular weight excluding hydrogens is 274 g/mol. The minimum Gasteiger partial charge on any atom is -0.493 e. The van der Waals surface area contributed by atoms with Crippen molar-refractivity contribution < 1.29 is 13.2 Å². The SMILES string of the molecule is Cc1ccc(S(N)(=O)=O)cc1CCOc1ccccc1. The van der Waals surface area contributed by atoms with Gasteiger partial charge in [0, 0.05) is 6.42 Å². The van der Waals surface area contributed by atoms with Crippen molar-refractivity contribution in [2.24, 2.45) is 5.14 Å². The number of hydrogen-bond acceptors (Lipinski definition) is 3. The summed E-state index contributed by atoms with van der Waals surface area (Å²) in [7, 11) is -3.66. The van der Waals surface area contributed by atoms with Gasteiger partial charge < -0.3 is 4.74 Å². The molecule has 0 atom stereocenters. The van der Waals surface area contributed by atoms with Crippen LogP contribution in [0.5, 0.6) is 5.75 Å². The highest BCUT2D eigenvalue weighted by Crippen LogP contribution is 2.16. The Morgan fingerprint density at radius 2 is 1.80 bits per heavy atom. The van der Waals surface area contributed by atoms with Crippen LogP contribution in [-0.2, 0) is 16.4 Å². The minimum absolute atomic E-state index is 0.137. The largest absolute Gasteiger partial charge is 0.493 e. The molecule has 2 N–H and O–H groups in total. The highest BCUT2D eigenvalue weighted by Gasteiger charge is 2.09. The van der Waals surface area contributed by atoms with Crippen molar-refractivity contribution in [3.8, 4) is 5.75 Å². The Labute approximate surface area is 119 Å². The molecule has 0 radical (unpaired) electrons. The maximum atomic E-state index is 11.3. The molecular formula is C15H17NO3S. The summed E-state index contributed by atoms with van der Waals surface area (Å²) in [5.41, 5.74) is 1.95. The molecule has 2 aromatic carbocycles. The van der Waals surface area contributed by atoms with E-state index in [1.54, 1.807) is 12.1 Å². The summed E-state index contributed by atoms with van der Waals surface area (Å²) >= 11 is 0. The number of para-hydroxylation sites is 1. The second-order valence-electron chi connectivity index (χ2n) is 4.54. The molecule has 0 saturated heterocycles. The van der Waals surface area contributed by atoms with Crippen molar-refractivity contribution in [1.29, 1.82) is 0 Å². The van der Waals surface area contributed by atoms with Crippen LogP contribution in [0.1, 0.15) is 11.1 Å². The molecule has 2 rings (SSSR count). The lowest BCUT2D eigenvalue weighted by molar-refractivity contribution is 0.321. The molecule has 0 spiro atoms. The molecule has 0 saturated carbocycles. The fourth-order valence-corrected chi connectivity index (χ4v) is 2.45. The van der Waals surface area contributed by atoms with Crippen molar-refractivity contribution in [2.45, 2.75) is 18.2 Å². The van der Waals surface area contributed by atoms with E-state index in [1.165, 1.54) is 6.07 Å². The second kappa shape index (κ2) is 6.07. The zero-order chi connectivity index (χ0) is 14.6. The molecule has 0 bridgehead atoms. The maximum absolute atomic E-state index is 11.3. The third-order valence-electron chi connectivity index (χ3n) is 3.03. The fraction of sp³-hybridized carbons (Fsp3) is 0.200. The van der Waals surface area contributed by atoms with Crippen LogP contribution in [0.4, 0.5) is 0 Å². The third-order valence-corrected chi connectivity index (χ3v) is 3.94. The lowest BCUT2D eigenvalue weighted by Gasteiger charge is -2.09. The molecule has 0 aromatic heterocycles. The minimum atomic E-state index is -3.66. The summed E-state index contributed by atoms with van der Waals surface area (Å²) < 4.78 is 28.3. The first kappa shape index (κ1) is 14.6. The van der Waals surface area contributed by atoms with Crippen molar-refractivity contribution in [3.63, 3.8) is 0 Å². The van der Waals surface area contributed by atoms with E-state index in [9.17, 15) is 8.42 Å². The quantitative estimate of drug-likeness (QED) is 0.918. The molecule has 20 heavy (non-hydrogen) atoms. The van der Waals surface area contributed by atoms with Crippen LogP contribution in [0, 0.1) is 6.92 Å². The van der Waals surface area contributed by atoms with Gasteiger partial charge in [0.15, 0.2) is 0 Å². The van der Waals surface area contributed by atoms with E-state index >= 15 is 0 Å². The van der Waals surface area contributed by atoms with E-state index in [0.29, 0.717) is 13.0 Å². The highest BCUT2D eigenvalue weighted by atomic mass is 32.2. The van der Waals surface area contributed by atoms with Gasteiger partial charge in [0.1, 0.15) is 5.75 Å². The van der Waals surface area contributed by atoms with E-state index in [1.807, 2.05) is 37.3 Å². The Balaban J connectivity index is 2.06. The van der Waals surface area contributed by atoms with Gasteiger partial charge in [0.2, 0.25) is 10.0 Å². The molecule has 0 heterocycles. The number of aryl methyl sites for hydroxylation is 1. The van der Waals surface area contributed by atoms with Gasteiger partial charge in [-0.15, -0.1) is 0 Å². The molecule has 106 valence electrons. The first-order valence-electron chi connectivity index (χ1n) is 6.27. The average molecular weight is 291 g/mol. The van der Waals surface area contributed by atoms with E-state index in [2.05, 4.69) is 0 Å². The first-order valence-corrected chi connectivity index (χ1v) is 7.81. The lowest BCUT2D eigenvalue weighted by Crippen LogP contribution is -2.13. The van der Waals surface area contributed by atoms with Gasteiger partial charge in [-0.3, -0.25) is 0 Å². The van der Waals surface area contributed by atoms with Gasteiger partial charge in [-0.2, -0.15) is 0 Å². The average Bonchev–Trinajstić information content (AvgIpc) is 2.41. The molecule has 0 aliphatic heterocycles. The predicted octanol–water partition coefficient (Wildman–Crippen LogP) is 2.26. The van der Waals surface area contributed by atoms with Crippen LogP contribution in [0.3, 0.4) is 0 Å². The number of nitrogens with two attached hydrogens (primary N) is 1. The number of hydrogen-bond donors (Lipinski definition) is 1. The Hall–Kier alpha value is -1.85. The monoisotopic (exact) mass is 291 g/mol. The third kappa shape index (κ3) is 3.82. The van der Waals surface area contributed by atoms with Gasteiger partial charge >= 0.3 is 0 Å². The summed E-state index contributed by atoms with van der Waals surface area (Å²) in [4.78, 5) is 0.137. The zero-order valence-corrected chi connectivity index (χ0v) is 12.1. The lowest BCUT2D eigenvalue weighted by atomic mass is 10.1. The first-order chi connectivity index (χ1) is 9.47. The Morgan fingerprint density at radius 1 is 1.10 bits per heavy atom. The summed E-state index contributed by atoms with van der Waals surface area (Å²) in [5, 5.41) is 5.14. The van der Waals surface area contributed by atoms with Crippen LogP contribution in [0.2, 0.25) is 0 Å². The van der Waals surface area contributed by atoms with Gasteiger partial charge in [-0.05, 0) is 42.3 Å². The van der Waals surface area contributed by atoms with Gasteiger partial charge in [0.05, 0.1) is 11.5 Å². The molecule has 0 unspecified atom stereocenters. The molecule has 4 nitrogen and oxygen atoms in total. The smallest absolute Gasteiger partial charge is 0.238 e. The van der Waals surface area contributed by atoms with Crippen LogP contribution < -0.4 is 9.88 Å². The number of sulfonamides is 1. The van der Waals surface area contributed by atoms with E-state index < -0.39 is 10.0 Å². The predicted molar refractivity (Wildman–Crippen MR) is 78.2 cm³/mol. The maximum Gasteiger partial charge on any atom is 0.238 e. The van der Waals surface area contributed by atoms with E-state index in [-0.39, 0.29) is 4.90 Å². The van der Waals surface area contributed by atoms with Crippen molar-refractivity contribution in [1.82, 2.24) is 0 Å².